The van der Waals surface area contributed by atoms with E-state index in [0.717, 1.165) is 12.1 Å². The Morgan fingerprint density at radius 1 is 1.45 bits per heavy atom. The molecule has 0 aromatic heterocycles. The van der Waals surface area contributed by atoms with Gasteiger partial charge >= 0.3 is 0 Å². The highest BCUT2D eigenvalue weighted by Gasteiger charge is 2.31. The Kier molecular flexibility index (Phi) is 5.11. The molecule has 4 heteroatoms. The van der Waals surface area contributed by atoms with Crippen LogP contribution in [0.15, 0.2) is 30.3 Å². The van der Waals surface area contributed by atoms with Crippen LogP contribution in [0.2, 0.25) is 0 Å². The van der Waals surface area contributed by atoms with E-state index in [2.05, 4.69) is 12.2 Å². The molecule has 0 saturated carbocycles. The Morgan fingerprint density at radius 2 is 2.15 bits per heavy atom. The lowest BCUT2D eigenvalue weighted by Crippen LogP contribution is -2.41. The van der Waals surface area contributed by atoms with E-state index in [-0.39, 0.29) is 22.6 Å². The van der Waals surface area contributed by atoms with Crippen LogP contribution in [-0.2, 0) is 4.79 Å². The van der Waals surface area contributed by atoms with Gasteiger partial charge < -0.3 is 11.1 Å². The van der Waals surface area contributed by atoms with Gasteiger partial charge in [0.15, 0.2) is 0 Å². The van der Waals surface area contributed by atoms with Crippen molar-refractivity contribution in [2.75, 3.05) is 12.3 Å². The minimum atomic E-state index is -0.250. The zero-order valence-electron chi connectivity index (χ0n) is 12.3. The van der Waals surface area contributed by atoms with Crippen LogP contribution in [0.1, 0.15) is 38.3 Å². The van der Waals surface area contributed by atoms with E-state index in [1.807, 2.05) is 49.0 Å². The van der Waals surface area contributed by atoms with E-state index in [1.54, 1.807) is 0 Å². The van der Waals surface area contributed by atoms with Gasteiger partial charge in [-0.25, -0.2) is 0 Å². The van der Waals surface area contributed by atoms with Crippen molar-refractivity contribution < 1.29 is 4.79 Å². The summed E-state index contributed by atoms with van der Waals surface area (Å²) >= 11 is 1.96. The Labute approximate surface area is 125 Å². The van der Waals surface area contributed by atoms with Crippen LogP contribution >= 0.6 is 11.8 Å². The first-order valence-electron chi connectivity index (χ1n) is 7.24. The average Bonchev–Trinajstić information content (AvgIpc) is 2.91. The second-order valence-corrected chi connectivity index (χ2v) is 7.53. The normalized spacial score (nSPS) is 25.1. The predicted molar refractivity (Wildman–Crippen MR) is 85.6 cm³/mol. The quantitative estimate of drug-likeness (QED) is 0.877. The molecule has 0 spiro atoms. The smallest absolute Gasteiger partial charge is 0.224 e. The highest BCUT2D eigenvalue weighted by molar-refractivity contribution is 8.00. The van der Waals surface area contributed by atoms with E-state index in [1.165, 1.54) is 18.6 Å². The molecule has 3 N–H and O–H groups in total. The fourth-order valence-corrected chi connectivity index (χ4v) is 3.78. The van der Waals surface area contributed by atoms with E-state index >= 15 is 0 Å². The van der Waals surface area contributed by atoms with Gasteiger partial charge in [0.2, 0.25) is 5.91 Å². The molecule has 110 valence electrons. The molecule has 1 aliphatic rings. The van der Waals surface area contributed by atoms with Crippen LogP contribution in [0.5, 0.6) is 0 Å². The summed E-state index contributed by atoms with van der Waals surface area (Å²) < 4.78 is 0.201. The molecule has 20 heavy (non-hydrogen) atoms. The van der Waals surface area contributed by atoms with Gasteiger partial charge in [-0.05, 0) is 31.1 Å². The lowest BCUT2D eigenvalue weighted by molar-refractivity contribution is -0.125. The number of carbonyl (C=O) groups is 1. The molecular weight excluding hydrogens is 268 g/mol. The molecule has 3 nitrogen and oxygen atoms in total. The zero-order chi connectivity index (χ0) is 14.6. The van der Waals surface area contributed by atoms with Crippen LogP contribution in [-0.4, -0.2) is 23.0 Å². The minimum Gasteiger partial charge on any atom is -0.354 e. The van der Waals surface area contributed by atoms with E-state index in [0.29, 0.717) is 0 Å². The molecule has 2 rings (SSSR count). The minimum absolute atomic E-state index is 0.0510. The van der Waals surface area contributed by atoms with Crippen LogP contribution in [0.25, 0.3) is 0 Å². The molecule has 1 aromatic carbocycles. The van der Waals surface area contributed by atoms with Crippen molar-refractivity contribution in [3.8, 4) is 0 Å². The van der Waals surface area contributed by atoms with E-state index in [9.17, 15) is 4.79 Å². The summed E-state index contributed by atoms with van der Waals surface area (Å²) in [7, 11) is 0. The second kappa shape index (κ2) is 6.64. The number of carbonyl (C=O) groups excluding carboxylic acids is 1. The third-order valence-electron chi connectivity index (χ3n) is 4.07. The summed E-state index contributed by atoms with van der Waals surface area (Å²) in [4.78, 5) is 12.3. The Hall–Kier alpha value is -1.00. The second-order valence-electron chi connectivity index (χ2n) is 5.84. The van der Waals surface area contributed by atoms with Crippen LogP contribution in [0.4, 0.5) is 0 Å². The number of thioether (sulfide) groups is 1. The number of hydrogen-bond donors (Lipinski definition) is 2. The maximum atomic E-state index is 12.3. The summed E-state index contributed by atoms with van der Waals surface area (Å²) in [6.07, 6.45) is 2.42. The summed E-state index contributed by atoms with van der Waals surface area (Å²) in [5.74, 6) is 1.04. The lowest BCUT2D eigenvalue weighted by atomic mass is 9.94. The topological polar surface area (TPSA) is 55.1 Å². The Morgan fingerprint density at radius 3 is 2.75 bits per heavy atom. The highest BCUT2D eigenvalue weighted by Crippen LogP contribution is 2.37. The maximum Gasteiger partial charge on any atom is 0.224 e. The molecule has 3 atom stereocenters. The number of nitrogens with one attached hydrogen (secondary N) is 1. The first kappa shape index (κ1) is 15.4. The Balaban J connectivity index is 1.88. The van der Waals surface area contributed by atoms with Gasteiger partial charge in [0.25, 0.3) is 0 Å². The van der Waals surface area contributed by atoms with Gasteiger partial charge in [0.1, 0.15) is 0 Å². The Bertz CT molecular complexity index is 443. The van der Waals surface area contributed by atoms with Crippen molar-refractivity contribution in [3.05, 3.63) is 35.9 Å². The molecule has 1 amide bonds. The fourth-order valence-electron chi connectivity index (χ4n) is 2.54. The van der Waals surface area contributed by atoms with Crippen LogP contribution in [0, 0.1) is 5.92 Å². The van der Waals surface area contributed by atoms with E-state index in [4.69, 9.17) is 5.73 Å². The third kappa shape index (κ3) is 3.76. The number of hydrogen-bond acceptors (Lipinski definition) is 3. The molecule has 3 unspecified atom stereocenters. The predicted octanol–water partition coefficient (Wildman–Crippen LogP) is 2.72. The van der Waals surface area contributed by atoms with E-state index < -0.39 is 0 Å². The number of rotatable bonds is 5. The maximum absolute atomic E-state index is 12.3. The number of benzene rings is 1. The molecule has 1 fully saturated rings. The van der Waals surface area contributed by atoms with Crippen molar-refractivity contribution >= 4 is 17.7 Å². The standard InChI is InChI=1S/C16H24N2OS/c1-12(14(17)13-7-4-3-5-8-13)15(19)18-11-16(2)9-6-10-20-16/h3-5,7-8,12,14H,6,9-11,17H2,1-2H3,(H,18,19). The van der Waals surface area contributed by atoms with Crippen molar-refractivity contribution in [1.82, 2.24) is 5.32 Å². The molecule has 1 heterocycles. The van der Waals surface area contributed by atoms with Gasteiger partial charge in [-0.3, -0.25) is 4.79 Å². The first-order chi connectivity index (χ1) is 9.52. The largest absolute Gasteiger partial charge is 0.354 e. The third-order valence-corrected chi connectivity index (χ3v) is 5.61. The van der Waals surface area contributed by atoms with Gasteiger partial charge in [0.05, 0.1) is 5.92 Å². The summed E-state index contributed by atoms with van der Waals surface area (Å²) in [5, 5.41) is 3.08. The number of nitrogens with two attached hydrogens (primary N) is 1. The molecular formula is C16H24N2OS. The molecule has 1 aliphatic heterocycles. The summed E-state index contributed by atoms with van der Waals surface area (Å²) in [6, 6.07) is 9.57. The van der Waals surface area contributed by atoms with Crippen molar-refractivity contribution in [2.45, 2.75) is 37.5 Å². The van der Waals surface area contributed by atoms with Gasteiger partial charge in [-0.1, -0.05) is 37.3 Å². The van der Waals surface area contributed by atoms with Crippen molar-refractivity contribution in [2.24, 2.45) is 11.7 Å². The average molecular weight is 292 g/mol. The summed E-state index contributed by atoms with van der Waals surface area (Å²) in [5.41, 5.74) is 7.20. The fraction of sp³-hybridized carbons (Fsp3) is 0.562. The molecule has 0 bridgehead atoms. The van der Waals surface area contributed by atoms with Crippen LogP contribution in [0.3, 0.4) is 0 Å². The molecule has 1 aromatic rings. The van der Waals surface area contributed by atoms with Crippen molar-refractivity contribution in [1.29, 1.82) is 0 Å². The SMILES string of the molecule is CC(C(=O)NCC1(C)CCCS1)C(N)c1ccccc1. The van der Waals surface area contributed by atoms with Crippen molar-refractivity contribution in [3.63, 3.8) is 0 Å². The first-order valence-corrected chi connectivity index (χ1v) is 8.23. The zero-order valence-corrected chi connectivity index (χ0v) is 13.1. The van der Waals surface area contributed by atoms with Gasteiger partial charge in [-0.15, -0.1) is 0 Å². The van der Waals surface area contributed by atoms with Gasteiger partial charge in [-0.2, -0.15) is 11.8 Å². The lowest BCUT2D eigenvalue weighted by Gasteiger charge is -2.25. The van der Waals surface area contributed by atoms with Crippen LogP contribution < -0.4 is 11.1 Å². The number of amides is 1. The molecule has 0 radical (unpaired) electrons. The molecule has 1 saturated heterocycles. The van der Waals surface area contributed by atoms with Gasteiger partial charge in [0, 0.05) is 17.3 Å². The highest BCUT2D eigenvalue weighted by atomic mass is 32.2. The monoisotopic (exact) mass is 292 g/mol. The molecule has 0 aliphatic carbocycles. The summed E-state index contributed by atoms with van der Waals surface area (Å²) in [6.45, 7) is 4.87.